The van der Waals surface area contributed by atoms with Gasteiger partial charge in [-0.15, -0.1) is 36.2 Å². The maximum Gasteiger partial charge on any atom is 0.265 e. The van der Waals surface area contributed by atoms with Crippen molar-refractivity contribution in [3.63, 3.8) is 0 Å². The van der Waals surface area contributed by atoms with Crippen molar-refractivity contribution in [2.24, 2.45) is 5.92 Å². The number of hydrogen-bond acceptors (Lipinski definition) is 5. The molecule has 9 heteroatoms. The fraction of sp³-hybridized carbons (Fsp3) is 0.722. The fourth-order valence-corrected chi connectivity index (χ4v) is 4.62. The summed E-state index contributed by atoms with van der Waals surface area (Å²) < 4.78 is 0. The molecule has 0 radical (unpaired) electrons. The van der Waals surface area contributed by atoms with Crippen LogP contribution in [0.25, 0.3) is 0 Å². The number of thiazole rings is 1. The highest BCUT2D eigenvalue weighted by atomic mass is 35.5. The third-order valence-corrected chi connectivity index (χ3v) is 5.85. The largest absolute Gasteiger partial charge is 0.336 e. The monoisotopic (exact) mass is 436 g/mol. The molecule has 1 aromatic rings. The number of carbonyl (C=O) groups excluding carboxylic acids is 2. The van der Waals surface area contributed by atoms with Gasteiger partial charge in [0.1, 0.15) is 4.88 Å². The van der Waals surface area contributed by atoms with Crippen molar-refractivity contribution in [2.75, 3.05) is 32.7 Å². The zero-order valence-corrected chi connectivity index (χ0v) is 18.6. The van der Waals surface area contributed by atoms with Crippen LogP contribution in [0.15, 0.2) is 0 Å². The van der Waals surface area contributed by atoms with Gasteiger partial charge in [0.05, 0.1) is 17.2 Å². The number of hydrogen-bond donors (Lipinski definition) is 1. The summed E-state index contributed by atoms with van der Waals surface area (Å²) in [4.78, 5) is 34.5. The summed E-state index contributed by atoms with van der Waals surface area (Å²) in [6.45, 7) is 9.66. The van der Waals surface area contributed by atoms with Crippen LogP contribution in [0.3, 0.4) is 0 Å². The second kappa shape index (κ2) is 10.6. The van der Waals surface area contributed by atoms with Gasteiger partial charge in [0.2, 0.25) is 5.91 Å². The molecule has 0 aliphatic carbocycles. The van der Waals surface area contributed by atoms with Gasteiger partial charge in [0.25, 0.3) is 5.91 Å². The third-order valence-electron chi connectivity index (χ3n) is 4.85. The maximum atomic E-state index is 13.1. The molecule has 0 bridgehead atoms. The minimum atomic E-state index is 0. The van der Waals surface area contributed by atoms with E-state index in [4.69, 9.17) is 0 Å². The van der Waals surface area contributed by atoms with Gasteiger partial charge in [-0.25, -0.2) is 4.98 Å². The van der Waals surface area contributed by atoms with Crippen molar-refractivity contribution in [3.05, 3.63) is 15.6 Å². The van der Waals surface area contributed by atoms with Crippen LogP contribution >= 0.6 is 36.2 Å². The molecular weight excluding hydrogens is 407 g/mol. The molecule has 2 aliphatic heterocycles. The van der Waals surface area contributed by atoms with Crippen molar-refractivity contribution in [3.8, 4) is 0 Å². The Kier molecular flexibility index (Phi) is 9.48. The first-order chi connectivity index (χ1) is 12.0. The van der Waals surface area contributed by atoms with E-state index in [1.54, 1.807) is 0 Å². The van der Waals surface area contributed by atoms with Gasteiger partial charge < -0.3 is 15.1 Å². The van der Waals surface area contributed by atoms with E-state index in [0.29, 0.717) is 19.0 Å². The Morgan fingerprint density at radius 1 is 1.33 bits per heavy atom. The number of aryl methyl sites for hydroxylation is 1. The second-order valence-electron chi connectivity index (χ2n) is 7.42. The molecule has 2 saturated heterocycles. The summed E-state index contributed by atoms with van der Waals surface area (Å²) in [5.74, 6) is 0.717. The average molecular weight is 437 g/mol. The van der Waals surface area contributed by atoms with Crippen LogP contribution in [-0.4, -0.2) is 65.4 Å². The number of aromatic nitrogens is 1. The van der Waals surface area contributed by atoms with Crippen LogP contribution in [0.2, 0.25) is 0 Å². The zero-order valence-electron chi connectivity index (χ0n) is 16.2. The Labute approximate surface area is 177 Å². The molecule has 6 nitrogen and oxygen atoms in total. The molecule has 27 heavy (non-hydrogen) atoms. The van der Waals surface area contributed by atoms with E-state index < -0.39 is 0 Å². The van der Waals surface area contributed by atoms with Crippen LogP contribution in [0.5, 0.6) is 0 Å². The van der Waals surface area contributed by atoms with Gasteiger partial charge in [-0.1, -0.05) is 13.8 Å². The normalized spacial score (nSPS) is 20.3. The highest BCUT2D eigenvalue weighted by molar-refractivity contribution is 7.13. The lowest BCUT2D eigenvalue weighted by molar-refractivity contribution is -0.135. The lowest BCUT2D eigenvalue weighted by Crippen LogP contribution is -2.57. The van der Waals surface area contributed by atoms with Crippen LogP contribution in [0.4, 0.5) is 0 Å². The molecule has 2 aliphatic rings. The molecule has 2 fully saturated rings. The van der Waals surface area contributed by atoms with E-state index in [1.807, 2.05) is 16.7 Å². The van der Waals surface area contributed by atoms with E-state index in [2.05, 4.69) is 24.1 Å². The van der Waals surface area contributed by atoms with Crippen LogP contribution < -0.4 is 5.32 Å². The molecule has 0 spiro atoms. The first kappa shape index (κ1) is 24.1. The number of rotatable bonds is 4. The van der Waals surface area contributed by atoms with E-state index in [-0.39, 0.29) is 42.7 Å². The van der Waals surface area contributed by atoms with Gasteiger partial charge in [0, 0.05) is 32.2 Å². The Morgan fingerprint density at radius 3 is 2.74 bits per heavy atom. The summed E-state index contributed by atoms with van der Waals surface area (Å²) in [5.41, 5.74) is 0.933. The Hall–Kier alpha value is -0.890. The number of nitrogens with zero attached hydrogens (tertiary/aromatic N) is 3. The van der Waals surface area contributed by atoms with E-state index in [0.717, 1.165) is 54.5 Å². The van der Waals surface area contributed by atoms with Crippen molar-refractivity contribution in [1.82, 2.24) is 20.1 Å². The summed E-state index contributed by atoms with van der Waals surface area (Å²) in [5, 5.41) is 4.06. The van der Waals surface area contributed by atoms with Gasteiger partial charge in [-0.2, -0.15) is 0 Å². The summed E-state index contributed by atoms with van der Waals surface area (Å²) in [6.07, 6.45) is 2.76. The minimum absolute atomic E-state index is 0. The SMILES string of the molecule is Cc1nc(CC(C)C)c(C(=O)N2CCCC(N3CCNCC3=O)C2)s1.Cl.Cl. The molecule has 1 aromatic heterocycles. The van der Waals surface area contributed by atoms with Gasteiger partial charge in [-0.05, 0) is 32.1 Å². The number of halogens is 2. The first-order valence-corrected chi connectivity index (χ1v) is 10.0. The van der Waals surface area contributed by atoms with Crippen molar-refractivity contribution >= 4 is 48.0 Å². The summed E-state index contributed by atoms with van der Waals surface area (Å²) >= 11 is 1.50. The van der Waals surface area contributed by atoms with Gasteiger partial charge >= 0.3 is 0 Å². The Bertz CT molecular complexity index is 653. The molecule has 3 rings (SSSR count). The second-order valence-corrected chi connectivity index (χ2v) is 8.62. The van der Waals surface area contributed by atoms with E-state index >= 15 is 0 Å². The summed E-state index contributed by atoms with van der Waals surface area (Å²) in [7, 11) is 0. The molecule has 1 N–H and O–H groups in total. The summed E-state index contributed by atoms with van der Waals surface area (Å²) in [6, 6.07) is 0.148. The molecule has 0 aromatic carbocycles. The van der Waals surface area contributed by atoms with Crippen molar-refractivity contribution in [2.45, 2.75) is 46.1 Å². The highest BCUT2D eigenvalue weighted by Gasteiger charge is 2.33. The molecule has 0 saturated carbocycles. The first-order valence-electron chi connectivity index (χ1n) is 9.21. The smallest absolute Gasteiger partial charge is 0.265 e. The molecule has 154 valence electrons. The van der Waals surface area contributed by atoms with Gasteiger partial charge in [-0.3, -0.25) is 9.59 Å². The standard InChI is InChI=1S/C18H28N4O2S.2ClH/c1-12(2)9-15-17(25-13(3)20-15)18(24)21-7-4-5-14(11-21)22-8-6-19-10-16(22)23;;/h12,14,19H,4-11H2,1-3H3;2*1H. The molecule has 2 amide bonds. The van der Waals surface area contributed by atoms with Crippen LogP contribution in [0, 0.1) is 12.8 Å². The minimum Gasteiger partial charge on any atom is -0.336 e. The Balaban J connectivity index is 0.00000182. The number of amides is 2. The molecular formula is C18H30Cl2N4O2S. The maximum absolute atomic E-state index is 13.1. The fourth-order valence-electron chi connectivity index (χ4n) is 3.71. The number of piperidine rings is 1. The molecule has 1 atom stereocenters. The number of nitrogens with one attached hydrogen (secondary N) is 1. The predicted octanol–water partition coefficient (Wildman–Crippen LogP) is 2.53. The topological polar surface area (TPSA) is 65.5 Å². The number of carbonyl (C=O) groups is 2. The highest BCUT2D eigenvalue weighted by Crippen LogP contribution is 2.25. The van der Waals surface area contributed by atoms with Crippen LogP contribution in [-0.2, 0) is 11.2 Å². The van der Waals surface area contributed by atoms with Gasteiger partial charge in [0.15, 0.2) is 0 Å². The van der Waals surface area contributed by atoms with Crippen molar-refractivity contribution in [1.29, 1.82) is 0 Å². The Morgan fingerprint density at radius 2 is 2.07 bits per heavy atom. The van der Waals surface area contributed by atoms with E-state index in [9.17, 15) is 9.59 Å². The van der Waals surface area contributed by atoms with Crippen LogP contribution in [0.1, 0.15) is 47.1 Å². The quantitative estimate of drug-likeness (QED) is 0.787. The lowest BCUT2D eigenvalue weighted by atomic mass is 10.0. The molecule has 3 heterocycles. The zero-order chi connectivity index (χ0) is 18.0. The average Bonchev–Trinajstić information content (AvgIpc) is 2.94. The lowest BCUT2D eigenvalue weighted by Gasteiger charge is -2.41. The number of likely N-dealkylation sites (tertiary alicyclic amines) is 1. The number of piperazine rings is 1. The predicted molar refractivity (Wildman–Crippen MR) is 113 cm³/mol. The molecule has 1 unspecified atom stereocenters. The van der Waals surface area contributed by atoms with E-state index in [1.165, 1.54) is 11.3 Å². The third kappa shape index (κ3) is 5.79. The van der Waals surface area contributed by atoms with Crippen molar-refractivity contribution < 1.29 is 9.59 Å².